The Morgan fingerprint density at radius 3 is 2.38 bits per heavy atom. The Balaban J connectivity index is 2.62. The minimum absolute atomic E-state index is 0.0714. The first-order valence-electron chi connectivity index (χ1n) is 5.87. The molecule has 1 aromatic rings. The molecule has 1 rings (SSSR count). The number of hydrogen-bond donors (Lipinski definition) is 1. The highest BCUT2D eigenvalue weighted by Gasteiger charge is 2.10. The number of hydrogen-bond acceptors (Lipinski definition) is 3. The topological polar surface area (TPSA) is 55.8 Å². The summed E-state index contributed by atoms with van der Waals surface area (Å²) in [6.07, 6.45) is 2.04. The van der Waals surface area contributed by atoms with E-state index in [1.54, 1.807) is 12.1 Å². The molecule has 0 saturated carbocycles. The first-order valence-corrected chi connectivity index (χ1v) is 8.22. The zero-order valence-electron chi connectivity index (χ0n) is 10.7. The second-order valence-electron chi connectivity index (χ2n) is 3.87. The van der Waals surface area contributed by atoms with Crippen LogP contribution in [0.15, 0.2) is 31.6 Å². The summed E-state index contributed by atoms with van der Waals surface area (Å²) in [6.45, 7) is 0.564. The number of carboxylic acids is 1. The summed E-state index contributed by atoms with van der Waals surface area (Å²) in [5.74, 6) is 0.364. The van der Waals surface area contributed by atoms with Gasteiger partial charge in [0.25, 0.3) is 0 Å². The van der Waals surface area contributed by atoms with E-state index in [1.165, 1.54) is 6.08 Å². The largest absolute Gasteiger partial charge is 0.491 e. The quantitative estimate of drug-likeness (QED) is 0.542. The molecule has 4 nitrogen and oxygen atoms in total. The Hall–Kier alpha value is -0.430. The summed E-state index contributed by atoms with van der Waals surface area (Å²) in [6, 6.07) is 3.49. The Morgan fingerprint density at radius 2 is 1.86 bits per heavy atom. The lowest BCUT2D eigenvalue weighted by Gasteiger charge is -2.12. The van der Waals surface area contributed by atoms with Crippen molar-refractivity contribution in [2.45, 2.75) is 12.8 Å². The van der Waals surface area contributed by atoms with Gasteiger partial charge in [-0.05, 0) is 56.5 Å². The van der Waals surface area contributed by atoms with E-state index in [4.69, 9.17) is 37.8 Å². The van der Waals surface area contributed by atoms with Gasteiger partial charge in [0.2, 0.25) is 0 Å². The van der Waals surface area contributed by atoms with Crippen LogP contribution in [0.5, 0.6) is 11.5 Å². The molecule has 0 aromatic heterocycles. The Labute approximate surface area is 149 Å². The highest BCUT2D eigenvalue weighted by Crippen LogP contribution is 2.37. The van der Waals surface area contributed by atoms with Crippen LogP contribution in [0.4, 0.5) is 0 Å². The molecule has 0 aliphatic heterocycles. The summed E-state index contributed by atoms with van der Waals surface area (Å²) in [5.41, 5.74) is 0. The first-order chi connectivity index (χ1) is 9.90. The summed E-state index contributed by atoms with van der Waals surface area (Å²) in [4.78, 5) is 10.4. The first kappa shape index (κ1) is 18.6. The number of carboxylic acid groups (broad SMARTS) is 1. The van der Waals surface area contributed by atoms with E-state index >= 15 is 0 Å². The van der Waals surface area contributed by atoms with Crippen molar-refractivity contribution < 1.29 is 19.4 Å². The molecule has 0 atom stereocenters. The van der Waals surface area contributed by atoms with Gasteiger partial charge in [-0.15, -0.1) is 0 Å². The molecule has 8 heteroatoms. The third-order valence-electron chi connectivity index (χ3n) is 2.24. The maximum atomic E-state index is 10.4. The van der Waals surface area contributed by atoms with Crippen LogP contribution in [0.1, 0.15) is 12.8 Å². The van der Waals surface area contributed by atoms with E-state index in [2.05, 4.69) is 31.9 Å². The van der Waals surface area contributed by atoms with Crippen LogP contribution in [0.25, 0.3) is 0 Å². The molecule has 0 heterocycles. The maximum Gasteiger partial charge on any atom is 0.303 e. The lowest BCUT2D eigenvalue weighted by molar-refractivity contribution is -0.137. The fourth-order valence-corrected chi connectivity index (χ4v) is 2.86. The Kier molecular flexibility index (Phi) is 8.48. The highest BCUT2D eigenvalue weighted by atomic mass is 79.9. The van der Waals surface area contributed by atoms with Crippen molar-refractivity contribution >= 4 is 61.0 Å². The van der Waals surface area contributed by atoms with E-state index in [0.717, 1.165) is 0 Å². The highest BCUT2D eigenvalue weighted by molar-refractivity contribution is 9.11. The third kappa shape index (κ3) is 7.40. The van der Waals surface area contributed by atoms with Crippen molar-refractivity contribution in [3.8, 4) is 11.5 Å². The van der Waals surface area contributed by atoms with Crippen molar-refractivity contribution in [3.63, 3.8) is 0 Å². The van der Waals surface area contributed by atoms with E-state index < -0.39 is 5.97 Å². The Bertz CT molecular complexity index is 508. The summed E-state index contributed by atoms with van der Waals surface area (Å²) >= 11 is 17.7. The lowest BCUT2D eigenvalue weighted by atomic mass is 10.3. The lowest BCUT2D eigenvalue weighted by Crippen LogP contribution is -2.03. The van der Waals surface area contributed by atoms with Crippen LogP contribution in [-0.4, -0.2) is 24.3 Å². The minimum atomic E-state index is -0.841. The second kappa shape index (κ2) is 9.56. The van der Waals surface area contributed by atoms with E-state index in [0.29, 0.717) is 33.5 Å². The zero-order chi connectivity index (χ0) is 15.8. The van der Waals surface area contributed by atoms with E-state index in [-0.39, 0.29) is 17.5 Å². The van der Waals surface area contributed by atoms with Crippen molar-refractivity contribution in [1.29, 1.82) is 0 Å². The van der Waals surface area contributed by atoms with Crippen LogP contribution in [-0.2, 0) is 4.79 Å². The predicted molar refractivity (Wildman–Crippen MR) is 89.5 cm³/mol. The van der Waals surface area contributed by atoms with Crippen LogP contribution < -0.4 is 9.47 Å². The van der Waals surface area contributed by atoms with Gasteiger partial charge in [-0.1, -0.05) is 23.2 Å². The number of carbonyl (C=O) groups is 1. The summed E-state index contributed by atoms with van der Waals surface area (Å²) < 4.78 is 12.5. The average molecular weight is 463 g/mol. The van der Waals surface area contributed by atoms with Gasteiger partial charge in [0, 0.05) is 6.42 Å². The number of halogens is 4. The van der Waals surface area contributed by atoms with E-state index in [1.807, 2.05) is 0 Å². The monoisotopic (exact) mass is 460 g/mol. The molecule has 0 fully saturated rings. The molecule has 0 unspecified atom stereocenters. The van der Waals surface area contributed by atoms with Gasteiger partial charge in [-0.25, -0.2) is 0 Å². The van der Waals surface area contributed by atoms with Crippen LogP contribution >= 0.6 is 55.1 Å². The van der Waals surface area contributed by atoms with Crippen molar-refractivity contribution in [3.05, 3.63) is 31.6 Å². The van der Waals surface area contributed by atoms with Gasteiger partial charge in [-0.2, -0.15) is 0 Å². The number of ether oxygens (including phenoxy) is 2. The second-order valence-corrected chi connectivity index (χ2v) is 6.58. The molecule has 1 N–H and O–H groups in total. The molecule has 21 heavy (non-hydrogen) atoms. The maximum absolute atomic E-state index is 10.4. The number of aliphatic carboxylic acids is 1. The van der Waals surface area contributed by atoms with Crippen LogP contribution in [0.3, 0.4) is 0 Å². The van der Waals surface area contributed by atoms with Crippen molar-refractivity contribution in [1.82, 2.24) is 0 Å². The van der Waals surface area contributed by atoms with Gasteiger partial charge in [0.1, 0.15) is 22.6 Å². The minimum Gasteiger partial charge on any atom is -0.491 e. The van der Waals surface area contributed by atoms with Crippen LogP contribution in [0.2, 0.25) is 0 Å². The van der Waals surface area contributed by atoms with E-state index in [9.17, 15) is 4.79 Å². The predicted octanol–water partition coefficient (Wildman–Crippen LogP) is 5.15. The molecule has 0 aliphatic rings. The SMILES string of the molecule is O=C(O)CCCOc1c(Br)cc(OCC=C(Cl)Cl)cc1Br. The molecule has 116 valence electrons. The fourth-order valence-electron chi connectivity index (χ4n) is 1.36. The van der Waals surface area contributed by atoms with Gasteiger partial charge >= 0.3 is 5.97 Å². The molecular weight excluding hydrogens is 451 g/mol. The summed E-state index contributed by atoms with van der Waals surface area (Å²) in [7, 11) is 0. The molecule has 0 radical (unpaired) electrons. The Morgan fingerprint density at radius 1 is 1.24 bits per heavy atom. The molecule has 0 aliphatic carbocycles. The summed E-state index contributed by atoms with van der Waals surface area (Å²) in [5, 5.41) is 8.56. The number of benzene rings is 1. The fraction of sp³-hybridized carbons (Fsp3) is 0.308. The third-order valence-corrected chi connectivity index (χ3v) is 3.73. The normalized spacial score (nSPS) is 10.1. The molecule has 0 amide bonds. The van der Waals surface area contributed by atoms with Crippen molar-refractivity contribution in [2.24, 2.45) is 0 Å². The standard InChI is InChI=1S/C13H12Br2Cl2O4/c14-9-6-8(20-5-3-11(16)17)7-10(15)13(9)21-4-1-2-12(18)19/h3,6-7H,1-2,4-5H2,(H,18,19). The van der Waals surface area contributed by atoms with Gasteiger partial charge in [-0.3, -0.25) is 4.79 Å². The van der Waals surface area contributed by atoms with Crippen molar-refractivity contribution in [2.75, 3.05) is 13.2 Å². The molecular formula is C13H12Br2Cl2O4. The smallest absolute Gasteiger partial charge is 0.303 e. The van der Waals surface area contributed by atoms with Gasteiger partial charge in [0.15, 0.2) is 0 Å². The molecule has 0 bridgehead atoms. The number of rotatable bonds is 8. The molecule has 0 spiro atoms. The van der Waals surface area contributed by atoms with Crippen LogP contribution in [0, 0.1) is 0 Å². The average Bonchev–Trinajstić information content (AvgIpc) is 2.36. The molecule has 0 saturated heterocycles. The van der Waals surface area contributed by atoms with Gasteiger partial charge in [0.05, 0.1) is 15.6 Å². The zero-order valence-corrected chi connectivity index (χ0v) is 15.4. The molecule has 1 aromatic carbocycles. The van der Waals surface area contributed by atoms with Gasteiger partial charge < -0.3 is 14.6 Å².